The molecule has 2 aromatic heterocycles. The summed E-state index contributed by atoms with van der Waals surface area (Å²) in [7, 11) is -3.84. The van der Waals surface area contributed by atoms with Gasteiger partial charge in [-0.3, -0.25) is 9.69 Å². The van der Waals surface area contributed by atoms with Gasteiger partial charge < -0.3 is 9.84 Å². The van der Waals surface area contributed by atoms with Crippen LogP contribution in [0.1, 0.15) is 50.7 Å². The summed E-state index contributed by atoms with van der Waals surface area (Å²) < 4.78 is 71.3. The van der Waals surface area contributed by atoms with Crippen LogP contribution in [-0.4, -0.2) is 67.5 Å². The lowest BCUT2D eigenvalue weighted by atomic mass is 9.98. The van der Waals surface area contributed by atoms with Crippen molar-refractivity contribution in [2.75, 3.05) is 32.7 Å². The number of hydrogen-bond donors (Lipinski definition) is 1. The molecule has 0 saturated carbocycles. The summed E-state index contributed by atoms with van der Waals surface area (Å²) in [5.74, 6) is -1.19. The minimum Gasteiger partial charge on any atom is -0.356 e. The van der Waals surface area contributed by atoms with Gasteiger partial charge in [-0.25, -0.2) is 8.42 Å². The number of aromatic nitrogens is 1. The summed E-state index contributed by atoms with van der Waals surface area (Å²) >= 11 is 0.952. The first-order chi connectivity index (χ1) is 16.6. The smallest absolute Gasteiger partial charge is 0.356 e. The highest BCUT2D eigenvalue weighted by Crippen LogP contribution is 2.35. The van der Waals surface area contributed by atoms with Crippen LogP contribution in [0, 0.1) is 0 Å². The predicted molar refractivity (Wildman–Crippen MR) is 124 cm³/mol. The van der Waals surface area contributed by atoms with Crippen molar-refractivity contribution in [3.05, 3.63) is 23.3 Å². The van der Waals surface area contributed by atoms with E-state index < -0.39 is 22.0 Å². The molecule has 0 aromatic carbocycles. The number of piperidine rings is 1. The fourth-order valence-corrected chi connectivity index (χ4v) is 7.42. The largest absolute Gasteiger partial charge is 0.452 e. The first-order valence-corrected chi connectivity index (χ1v) is 14.1. The number of halogens is 3. The zero-order valence-corrected chi connectivity index (χ0v) is 20.9. The van der Waals surface area contributed by atoms with Gasteiger partial charge in [0.25, 0.3) is 10.0 Å². The standard InChI is InChI=1S/C22H29F3N4O4S2/c23-22(24,25)19-14-18(27-33-19)16-12-21(34-15-16)35(31,32)29-10-4-2-7-26-20(30)13-17-6-1-3-8-28(17)9-5-11-29/h12,14-15,17H,1-11,13H2,(H,26,30). The van der Waals surface area contributed by atoms with Gasteiger partial charge in [-0.05, 0) is 51.3 Å². The highest BCUT2D eigenvalue weighted by Gasteiger charge is 2.36. The van der Waals surface area contributed by atoms with Crippen molar-refractivity contribution < 1.29 is 30.9 Å². The van der Waals surface area contributed by atoms with Crippen LogP contribution in [-0.2, 0) is 21.0 Å². The van der Waals surface area contributed by atoms with E-state index in [2.05, 4.69) is 19.9 Å². The fourth-order valence-electron chi connectivity index (χ4n) is 4.57. The molecule has 0 aliphatic carbocycles. The van der Waals surface area contributed by atoms with Gasteiger partial charge >= 0.3 is 6.18 Å². The molecular formula is C22H29F3N4O4S2. The SMILES string of the molecule is O=C1CC2CCCCN2CCCN(S(=O)(=O)c2cc(-c3cc(C(F)(F)F)on3)cs2)CCCCN1. The van der Waals surface area contributed by atoms with Crippen LogP contribution >= 0.6 is 11.3 Å². The maximum atomic E-state index is 13.4. The molecule has 1 amide bonds. The number of thiophene rings is 1. The van der Waals surface area contributed by atoms with Gasteiger partial charge in [0.15, 0.2) is 0 Å². The number of amides is 1. The summed E-state index contributed by atoms with van der Waals surface area (Å²) in [5.41, 5.74) is 0.199. The molecule has 1 atom stereocenters. The van der Waals surface area contributed by atoms with Gasteiger partial charge in [0.1, 0.15) is 9.90 Å². The molecule has 13 heteroatoms. The Morgan fingerprint density at radius 1 is 1.06 bits per heavy atom. The Hall–Kier alpha value is -1.96. The van der Waals surface area contributed by atoms with E-state index in [0.29, 0.717) is 51.9 Å². The molecule has 4 heterocycles. The van der Waals surface area contributed by atoms with Crippen molar-refractivity contribution in [3.63, 3.8) is 0 Å². The topological polar surface area (TPSA) is 95.8 Å². The van der Waals surface area contributed by atoms with Crippen molar-refractivity contribution >= 4 is 27.3 Å². The maximum absolute atomic E-state index is 13.4. The molecule has 0 bridgehead atoms. The Bertz CT molecular complexity index is 1120. The Morgan fingerprint density at radius 3 is 2.57 bits per heavy atom. The van der Waals surface area contributed by atoms with E-state index >= 15 is 0 Å². The maximum Gasteiger partial charge on any atom is 0.452 e. The Morgan fingerprint density at radius 2 is 1.80 bits per heavy atom. The molecule has 2 aliphatic heterocycles. The number of fused-ring (bicyclic) bond motifs is 1. The van der Waals surface area contributed by atoms with Gasteiger partial charge in [-0.1, -0.05) is 11.6 Å². The van der Waals surface area contributed by atoms with Gasteiger partial charge in [-0.15, -0.1) is 11.3 Å². The third-order valence-corrected chi connectivity index (χ3v) is 9.75. The lowest BCUT2D eigenvalue weighted by molar-refractivity contribution is -0.155. The molecular weight excluding hydrogens is 505 g/mol. The van der Waals surface area contributed by atoms with Crippen LogP contribution in [0.4, 0.5) is 13.2 Å². The fraction of sp³-hybridized carbons (Fsp3) is 0.636. The number of sulfonamides is 1. The van der Waals surface area contributed by atoms with Crippen LogP contribution in [0.3, 0.4) is 0 Å². The summed E-state index contributed by atoms with van der Waals surface area (Å²) in [4.78, 5) is 14.6. The van der Waals surface area contributed by atoms with Crippen molar-refractivity contribution in [2.45, 2.75) is 61.4 Å². The van der Waals surface area contributed by atoms with Crippen molar-refractivity contribution in [1.82, 2.24) is 19.7 Å². The third-order valence-electron chi connectivity index (χ3n) is 6.43. The van der Waals surface area contributed by atoms with E-state index in [1.165, 1.54) is 15.8 Å². The number of alkyl halides is 3. The van der Waals surface area contributed by atoms with E-state index in [0.717, 1.165) is 43.2 Å². The molecule has 1 unspecified atom stereocenters. The van der Waals surface area contributed by atoms with Crippen LogP contribution in [0.5, 0.6) is 0 Å². The molecule has 1 N–H and O–H groups in total. The highest BCUT2D eigenvalue weighted by atomic mass is 32.2. The second-order valence-electron chi connectivity index (χ2n) is 8.93. The molecule has 4 rings (SSSR count). The minimum atomic E-state index is -4.67. The molecule has 0 spiro atoms. The van der Waals surface area contributed by atoms with Gasteiger partial charge in [0, 0.05) is 49.1 Å². The molecule has 2 aliphatic rings. The Kier molecular flexibility index (Phi) is 8.19. The summed E-state index contributed by atoms with van der Waals surface area (Å²) in [6.45, 7) is 2.74. The molecule has 194 valence electrons. The van der Waals surface area contributed by atoms with Crippen molar-refractivity contribution in [3.8, 4) is 11.3 Å². The highest BCUT2D eigenvalue weighted by molar-refractivity contribution is 7.91. The van der Waals surface area contributed by atoms with Gasteiger partial charge in [0.05, 0.1) is 0 Å². The number of nitrogens with zero attached hydrogens (tertiary/aromatic N) is 3. The molecule has 0 radical (unpaired) electrons. The number of carbonyl (C=O) groups is 1. The zero-order chi connectivity index (χ0) is 25.1. The summed E-state index contributed by atoms with van der Waals surface area (Å²) in [6, 6.07) is 2.29. The Balaban J connectivity index is 1.49. The average Bonchev–Trinajstić information content (AvgIpc) is 3.48. The lowest BCUT2D eigenvalue weighted by Crippen LogP contribution is -2.43. The zero-order valence-electron chi connectivity index (χ0n) is 19.2. The molecule has 35 heavy (non-hydrogen) atoms. The third kappa shape index (κ3) is 6.43. The quantitative estimate of drug-likeness (QED) is 0.641. The van der Waals surface area contributed by atoms with Gasteiger partial charge in [-0.2, -0.15) is 17.5 Å². The second kappa shape index (κ2) is 11.0. The van der Waals surface area contributed by atoms with Gasteiger partial charge in [0.2, 0.25) is 11.7 Å². The molecule has 2 aromatic rings. The summed E-state index contributed by atoms with van der Waals surface area (Å²) in [6.07, 6.45) is 0.796. The number of hydrogen-bond acceptors (Lipinski definition) is 7. The minimum absolute atomic E-state index is 0.0401. The van der Waals surface area contributed by atoms with Crippen molar-refractivity contribution in [2.24, 2.45) is 0 Å². The number of rotatable bonds is 3. The van der Waals surface area contributed by atoms with Crippen LogP contribution in [0.2, 0.25) is 0 Å². The van der Waals surface area contributed by atoms with Crippen LogP contribution in [0.15, 0.2) is 26.2 Å². The molecule has 8 nitrogen and oxygen atoms in total. The monoisotopic (exact) mass is 534 g/mol. The number of nitrogens with one attached hydrogen (secondary N) is 1. The second-order valence-corrected chi connectivity index (χ2v) is 12.0. The van der Waals surface area contributed by atoms with E-state index in [-0.39, 0.29) is 27.4 Å². The van der Waals surface area contributed by atoms with Crippen LogP contribution in [0.25, 0.3) is 11.3 Å². The molecule has 2 fully saturated rings. The average molecular weight is 535 g/mol. The van der Waals surface area contributed by atoms with Crippen LogP contribution < -0.4 is 5.32 Å². The van der Waals surface area contributed by atoms with E-state index in [1.54, 1.807) is 0 Å². The number of carbonyl (C=O) groups excluding carboxylic acids is 1. The normalized spacial score (nSPS) is 22.5. The van der Waals surface area contributed by atoms with Crippen molar-refractivity contribution in [1.29, 1.82) is 0 Å². The first kappa shape index (κ1) is 26.1. The van der Waals surface area contributed by atoms with E-state index in [1.807, 2.05) is 0 Å². The Labute approximate surface area is 206 Å². The lowest BCUT2D eigenvalue weighted by Gasteiger charge is -2.35. The first-order valence-electron chi connectivity index (χ1n) is 11.8. The summed E-state index contributed by atoms with van der Waals surface area (Å²) in [5, 5.41) is 7.86. The van der Waals surface area contributed by atoms with E-state index in [4.69, 9.17) is 0 Å². The molecule has 2 saturated heterocycles. The van der Waals surface area contributed by atoms with E-state index in [9.17, 15) is 26.4 Å². The predicted octanol–water partition coefficient (Wildman–Crippen LogP) is 3.96.